The second-order valence-corrected chi connectivity index (χ2v) is 12.9. The molecule has 9 rings (SSSR count). The summed E-state index contributed by atoms with van der Waals surface area (Å²) in [5, 5.41) is 11.2. The average molecular weight is 691 g/mol. The second kappa shape index (κ2) is 14.2. The summed E-state index contributed by atoms with van der Waals surface area (Å²) in [6, 6.07) is 62.9. The zero-order chi connectivity index (χ0) is 36.3. The van der Waals surface area contributed by atoms with E-state index in [1.165, 1.54) is 0 Å². The lowest BCUT2D eigenvalue weighted by Crippen LogP contribution is -2.00. The van der Waals surface area contributed by atoms with Gasteiger partial charge in [0.1, 0.15) is 0 Å². The van der Waals surface area contributed by atoms with Gasteiger partial charge in [-0.05, 0) is 58.7 Å². The van der Waals surface area contributed by atoms with Gasteiger partial charge in [0, 0.05) is 33.2 Å². The molecule has 0 aliphatic rings. The monoisotopic (exact) mass is 690 g/mol. The highest BCUT2D eigenvalue weighted by molar-refractivity contribution is 5.93. The van der Waals surface area contributed by atoms with E-state index in [-0.39, 0.29) is 0 Å². The number of aromatic nitrogens is 5. The summed E-state index contributed by atoms with van der Waals surface area (Å²) in [5.74, 6) is 2.41. The molecular weight excluding hydrogens is 661 g/mol. The maximum atomic E-state index is 10.2. The van der Waals surface area contributed by atoms with Crippen molar-refractivity contribution in [1.29, 1.82) is 5.26 Å². The minimum Gasteiger partial charge on any atom is -0.228 e. The third-order valence-corrected chi connectivity index (χ3v) is 9.32. The Morgan fingerprint density at radius 1 is 0.315 bits per heavy atom. The zero-order valence-electron chi connectivity index (χ0n) is 29.0. The van der Waals surface area contributed by atoms with Crippen LogP contribution in [0.25, 0.3) is 90.0 Å². The lowest BCUT2D eigenvalue weighted by Gasteiger charge is -2.12. The van der Waals surface area contributed by atoms with Gasteiger partial charge < -0.3 is 0 Å². The van der Waals surface area contributed by atoms with Gasteiger partial charge in [-0.2, -0.15) is 5.26 Å². The van der Waals surface area contributed by atoms with Crippen molar-refractivity contribution in [2.75, 3.05) is 0 Å². The van der Waals surface area contributed by atoms with Crippen molar-refractivity contribution in [3.63, 3.8) is 0 Å². The number of rotatable bonds is 7. The first-order chi connectivity index (χ1) is 26.7. The Bertz CT molecular complexity index is 2770. The molecule has 0 fully saturated rings. The van der Waals surface area contributed by atoms with E-state index in [4.69, 9.17) is 24.9 Å². The summed E-state index contributed by atoms with van der Waals surface area (Å²) < 4.78 is 0. The molecule has 9 aromatic rings. The van der Waals surface area contributed by atoms with E-state index in [0.29, 0.717) is 28.9 Å². The number of nitriles is 1. The zero-order valence-corrected chi connectivity index (χ0v) is 29.0. The van der Waals surface area contributed by atoms with Crippen molar-refractivity contribution >= 4 is 10.9 Å². The van der Waals surface area contributed by atoms with Crippen molar-refractivity contribution in [1.82, 2.24) is 24.9 Å². The Morgan fingerprint density at radius 3 is 1.26 bits per heavy atom. The average Bonchev–Trinajstić information content (AvgIpc) is 3.26. The van der Waals surface area contributed by atoms with Crippen molar-refractivity contribution in [3.8, 4) is 85.1 Å². The highest BCUT2D eigenvalue weighted by Crippen LogP contribution is 2.34. The van der Waals surface area contributed by atoms with Crippen molar-refractivity contribution in [3.05, 3.63) is 188 Å². The fraction of sp³-hybridized carbons (Fsp3) is 0. The molecule has 2 aromatic heterocycles. The third kappa shape index (κ3) is 6.50. The molecule has 7 aromatic carbocycles. The molecule has 6 nitrogen and oxygen atoms in total. The predicted molar refractivity (Wildman–Crippen MR) is 216 cm³/mol. The van der Waals surface area contributed by atoms with Crippen molar-refractivity contribution in [2.45, 2.75) is 0 Å². The van der Waals surface area contributed by atoms with Crippen LogP contribution in [-0.4, -0.2) is 24.9 Å². The van der Waals surface area contributed by atoms with Crippen LogP contribution in [0.3, 0.4) is 0 Å². The summed E-state index contributed by atoms with van der Waals surface area (Å²) in [5.41, 5.74) is 10.6. The molecule has 0 radical (unpaired) electrons. The molecule has 6 heteroatoms. The van der Waals surface area contributed by atoms with E-state index < -0.39 is 0 Å². The maximum Gasteiger partial charge on any atom is 0.164 e. The minimum absolute atomic E-state index is 0.560. The predicted octanol–water partition coefficient (Wildman–Crippen LogP) is 11.4. The molecule has 0 amide bonds. The molecule has 0 spiro atoms. The Morgan fingerprint density at radius 2 is 0.722 bits per heavy atom. The van der Waals surface area contributed by atoms with Crippen LogP contribution in [0, 0.1) is 11.3 Å². The highest BCUT2D eigenvalue weighted by Gasteiger charge is 2.15. The smallest absolute Gasteiger partial charge is 0.164 e. The van der Waals surface area contributed by atoms with E-state index in [1.54, 1.807) is 0 Å². The number of para-hydroxylation sites is 1. The molecule has 0 saturated carbocycles. The van der Waals surface area contributed by atoms with Gasteiger partial charge in [0.2, 0.25) is 0 Å². The van der Waals surface area contributed by atoms with Gasteiger partial charge in [-0.15, -0.1) is 0 Å². The number of hydrogen-bond donors (Lipinski definition) is 0. The van der Waals surface area contributed by atoms with Crippen LogP contribution in [0.15, 0.2) is 182 Å². The van der Waals surface area contributed by atoms with Crippen LogP contribution in [0.1, 0.15) is 5.56 Å². The molecule has 54 heavy (non-hydrogen) atoms. The third-order valence-electron chi connectivity index (χ3n) is 9.32. The standard InChI is InChI=1S/C48H30N6/c49-31-32-26-40(36-20-12-22-38(28-36)47-50-43-25-11-10-24-42(43)44(51-47)33-14-4-1-5-15-33)30-41(27-32)37-21-13-23-39(29-37)48-53-45(34-16-6-2-7-17-34)52-46(54-48)35-18-8-3-9-19-35/h1-30H. The van der Waals surface area contributed by atoms with Gasteiger partial charge in [0.15, 0.2) is 23.3 Å². The lowest BCUT2D eigenvalue weighted by atomic mass is 9.94. The number of hydrogen-bond acceptors (Lipinski definition) is 6. The topological polar surface area (TPSA) is 88.2 Å². The molecule has 0 aliphatic heterocycles. The Balaban J connectivity index is 1.12. The molecule has 0 aliphatic carbocycles. The summed E-state index contributed by atoms with van der Waals surface area (Å²) in [7, 11) is 0. The van der Waals surface area contributed by atoms with Crippen LogP contribution < -0.4 is 0 Å². The van der Waals surface area contributed by atoms with Gasteiger partial charge in [0.05, 0.1) is 22.8 Å². The number of benzene rings is 7. The van der Waals surface area contributed by atoms with Gasteiger partial charge in [-0.1, -0.05) is 146 Å². The van der Waals surface area contributed by atoms with Gasteiger partial charge >= 0.3 is 0 Å². The summed E-state index contributed by atoms with van der Waals surface area (Å²) in [6.45, 7) is 0. The van der Waals surface area contributed by atoms with E-state index in [2.05, 4.69) is 48.5 Å². The van der Waals surface area contributed by atoms with Gasteiger partial charge in [0.25, 0.3) is 0 Å². The largest absolute Gasteiger partial charge is 0.228 e. The van der Waals surface area contributed by atoms with Crippen LogP contribution in [0.5, 0.6) is 0 Å². The summed E-state index contributed by atoms with van der Waals surface area (Å²) in [4.78, 5) is 24.8. The fourth-order valence-electron chi connectivity index (χ4n) is 6.66. The molecule has 2 heterocycles. The number of fused-ring (bicyclic) bond motifs is 1. The lowest BCUT2D eigenvalue weighted by molar-refractivity contribution is 1.07. The Labute approximate surface area is 312 Å². The molecule has 252 valence electrons. The fourth-order valence-corrected chi connectivity index (χ4v) is 6.66. The first-order valence-corrected chi connectivity index (χ1v) is 17.6. The van der Waals surface area contributed by atoms with Crippen LogP contribution >= 0.6 is 0 Å². The molecular formula is C48H30N6. The first-order valence-electron chi connectivity index (χ1n) is 17.6. The van der Waals surface area contributed by atoms with Crippen molar-refractivity contribution in [2.24, 2.45) is 0 Å². The normalized spacial score (nSPS) is 10.9. The number of nitrogens with zero attached hydrogens (tertiary/aromatic N) is 6. The highest BCUT2D eigenvalue weighted by atomic mass is 15.0. The Hall–Kier alpha value is -7.62. The molecule has 0 N–H and O–H groups in total. The van der Waals surface area contributed by atoms with Crippen LogP contribution in [0.2, 0.25) is 0 Å². The molecule has 0 bridgehead atoms. The van der Waals surface area contributed by atoms with Crippen LogP contribution in [0.4, 0.5) is 0 Å². The minimum atomic E-state index is 0.560. The quantitative estimate of drug-likeness (QED) is 0.165. The van der Waals surface area contributed by atoms with Gasteiger partial charge in [-0.3, -0.25) is 0 Å². The summed E-state index contributed by atoms with van der Waals surface area (Å²) in [6.07, 6.45) is 0. The van der Waals surface area contributed by atoms with E-state index in [9.17, 15) is 5.26 Å². The molecule has 0 atom stereocenters. The van der Waals surface area contributed by atoms with Crippen LogP contribution in [-0.2, 0) is 0 Å². The Kier molecular flexibility index (Phi) is 8.48. The van der Waals surface area contributed by atoms with E-state index in [0.717, 1.165) is 66.7 Å². The maximum absolute atomic E-state index is 10.2. The SMILES string of the molecule is N#Cc1cc(-c2cccc(-c3nc(-c4ccccc4)nc(-c4ccccc4)n3)c2)cc(-c2cccc(-c3nc(-c4ccccc4)c4ccccc4n3)c2)c1. The summed E-state index contributed by atoms with van der Waals surface area (Å²) >= 11 is 0. The first kappa shape index (κ1) is 32.3. The van der Waals surface area contributed by atoms with Crippen molar-refractivity contribution < 1.29 is 0 Å². The molecule has 0 saturated heterocycles. The van der Waals surface area contributed by atoms with E-state index in [1.807, 2.05) is 140 Å². The molecule has 0 unspecified atom stereocenters. The van der Waals surface area contributed by atoms with Gasteiger partial charge in [-0.25, -0.2) is 24.9 Å². The van der Waals surface area contributed by atoms with E-state index >= 15 is 0 Å². The second-order valence-electron chi connectivity index (χ2n) is 12.9.